The molecule has 0 spiro atoms. The van der Waals surface area contributed by atoms with Gasteiger partial charge in [-0.15, -0.1) is 11.3 Å². The van der Waals surface area contributed by atoms with Crippen LogP contribution in [0.4, 0.5) is 0 Å². The number of aryl methyl sites for hydroxylation is 1. The number of thiazole rings is 1. The molecule has 28 heavy (non-hydrogen) atoms. The van der Waals surface area contributed by atoms with E-state index in [1.54, 1.807) is 11.3 Å². The molecular formula is C20H23ClN4O2S. The fourth-order valence-electron chi connectivity index (χ4n) is 3.21. The minimum atomic E-state index is -0.00930. The topological polar surface area (TPSA) is 63.3 Å². The highest BCUT2D eigenvalue weighted by molar-refractivity contribution is 7.11. The highest BCUT2D eigenvalue weighted by Gasteiger charge is 2.24. The van der Waals surface area contributed by atoms with Gasteiger partial charge >= 0.3 is 0 Å². The number of ether oxygens (including phenoxy) is 2. The first kappa shape index (κ1) is 19.4. The number of nitrogens with one attached hydrogen (secondary N) is 1. The first-order valence-corrected chi connectivity index (χ1v) is 10.5. The molecule has 0 aliphatic carbocycles. The van der Waals surface area contributed by atoms with Gasteiger partial charge in [-0.25, -0.2) is 4.98 Å². The summed E-state index contributed by atoms with van der Waals surface area (Å²) in [4.78, 5) is 8.04. The van der Waals surface area contributed by atoms with Crippen LogP contribution in [0, 0.1) is 6.92 Å². The Labute approximate surface area is 173 Å². The molecule has 3 heterocycles. The van der Waals surface area contributed by atoms with Crippen molar-refractivity contribution >= 4 is 22.9 Å². The van der Waals surface area contributed by atoms with Crippen LogP contribution in [0.2, 0.25) is 5.02 Å². The second kappa shape index (κ2) is 9.05. The maximum Gasteiger partial charge on any atom is 0.119 e. The Hall–Kier alpha value is -1.93. The van der Waals surface area contributed by atoms with Crippen molar-refractivity contribution in [2.45, 2.75) is 26.0 Å². The van der Waals surface area contributed by atoms with E-state index in [1.807, 2.05) is 37.4 Å². The van der Waals surface area contributed by atoms with Crippen molar-refractivity contribution in [2.75, 3.05) is 26.3 Å². The van der Waals surface area contributed by atoms with E-state index >= 15 is 0 Å². The van der Waals surface area contributed by atoms with E-state index in [-0.39, 0.29) is 6.10 Å². The van der Waals surface area contributed by atoms with Gasteiger partial charge in [-0.2, -0.15) is 5.10 Å². The number of H-pyrrole nitrogens is 1. The molecule has 1 aliphatic heterocycles. The van der Waals surface area contributed by atoms with Gasteiger partial charge in [-0.3, -0.25) is 10.00 Å². The lowest BCUT2D eigenvalue weighted by molar-refractivity contribution is -0.0347. The highest BCUT2D eigenvalue weighted by Crippen LogP contribution is 2.24. The molecule has 2 aromatic heterocycles. The largest absolute Gasteiger partial charge is 0.493 e. The molecular weight excluding hydrogens is 396 g/mol. The summed E-state index contributed by atoms with van der Waals surface area (Å²) in [5, 5.41) is 9.39. The maximum absolute atomic E-state index is 5.96. The van der Waals surface area contributed by atoms with Gasteiger partial charge in [-0.05, 0) is 37.3 Å². The molecule has 8 heteroatoms. The summed E-state index contributed by atoms with van der Waals surface area (Å²) in [6.07, 6.45) is 2.72. The standard InChI is InChI=1S/C20H23ClN4O2S/c1-14-22-11-18(28-14)12-25-7-9-27-20(13-25)19-10-16(23-24-19)6-8-26-17-4-2-15(21)3-5-17/h2-5,10-11,20H,6-9,12-13H2,1H3,(H,23,24). The van der Waals surface area contributed by atoms with Crippen LogP contribution in [0.5, 0.6) is 5.75 Å². The molecule has 0 saturated carbocycles. The predicted molar refractivity (Wildman–Crippen MR) is 110 cm³/mol. The lowest BCUT2D eigenvalue weighted by Gasteiger charge is -2.31. The van der Waals surface area contributed by atoms with Crippen LogP contribution in [-0.2, 0) is 17.7 Å². The fourth-order valence-corrected chi connectivity index (χ4v) is 4.17. The van der Waals surface area contributed by atoms with E-state index < -0.39 is 0 Å². The lowest BCUT2D eigenvalue weighted by atomic mass is 10.2. The number of hydrogen-bond acceptors (Lipinski definition) is 6. The molecule has 6 nitrogen and oxygen atoms in total. The second-order valence-electron chi connectivity index (χ2n) is 6.81. The van der Waals surface area contributed by atoms with Crippen molar-refractivity contribution in [2.24, 2.45) is 0 Å². The SMILES string of the molecule is Cc1ncc(CN2CCOC(c3cc(CCOc4ccc(Cl)cc4)[nH]n3)C2)s1. The molecule has 0 amide bonds. The molecule has 4 rings (SSSR count). The molecule has 1 unspecified atom stereocenters. The number of rotatable bonds is 7. The fraction of sp³-hybridized carbons (Fsp3) is 0.400. The summed E-state index contributed by atoms with van der Waals surface area (Å²) in [5.41, 5.74) is 1.99. The zero-order chi connectivity index (χ0) is 19.3. The van der Waals surface area contributed by atoms with E-state index in [2.05, 4.69) is 26.1 Å². The lowest BCUT2D eigenvalue weighted by Crippen LogP contribution is -2.37. The molecule has 1 fully saturated rings. The van der Waals surface area contributed by atoms with E-state index in [1.165, 1.54) is 4.88 Å². The first-order chi connectivity index (χ1) is 13.7. The zero-order valence-electron chi connectivity index (χ0n) is 15.7. The molecule has 1 N–H and O–H groups in total. The third-order valence-electron chi connectivity index (χ3n) is 4.63. The normalized spacial score (nSPS) is 17.7. The van der Waals surface area contributed by atoms with Crippen molar-refractivity contribution in [3.8, 4) is 5.75 Å². The minimum absolute atomic E-state index is 0.00930. The second-order valence-corrected chi connectivity index (χ2v) is 8.57. The van der Waals surface area contributed by atoms with Crippen molar-refractivity contribution in [1.29, 1.82) is 0 Å². The Balaban J connectivity index is 1.28. The Morgan fingerprint density at radius 2 is 2.21 bits per heavy atom. The van der Waals surface area contributed by atoms with Crippen LogP contribution in [0.15, 0.2) is 36.5 Å². The summed E-state index contributed by atoms with van der Waals surface area (Å²) in [6.45, 7) is 6.01. The van der Waals surface area contributed by atoms with Crippen LogP contribution in [0.25, 0.3) is 0 Å². The number of aromatic amines is 1. The molecule has 3 aromatic rings. The maximum atomic E-state index is 5.96. The number of hydrogen-bond donors (Lipinski definition) is 1. The Morgan fingerprint density at radius 1 is 1.36 bits per heavy atom. The molecule has 1 aromatic carbocycles. The average Bonchev–Trinajstić information content (AvgIpc) is 3.33. The third kappa shape index (κ3) is 5.11. The minimum Gasteiger partial charge on any atom is -0.493 e. The molecule has 0 bridgehead atoms. The van der Waals surface area contributed by atoms with E-state index in [9.17, 15) is 0 Å². The quantitative estimate of drug-likeness (QED) is 0.627. The summed E-state index contributed by atoms with van der Waals surface area (Å²) in [6, 6.07) is 9.47. The number of morpholine rings is 1. The number of benzene rings is 1. The Bertz CT molecular complexity index is 896. The van der Waals surface area contributed by atoms with Crippen LogP contribution >= 0.6 is 22.9 Å². The predicted octanol–water partition coefficient (Wildman–Crippen LogP) is 4.02. The number of nitrogens with zero attached hydrogens (tertiary/aromatic N) is 3. The van der Waals surface area contributed by atoms with Gasteiger partial charge in [0.25, 0.3) is 0 Å². The van der Waals surface area contributed by atoms with Gasteiger partial charge in [0.2, 0.25) is 0 Å². The van der Waals surface area contributed by atoms with Crippen LogP contribution in [0.1, 0.15) is 27.4 Å². The van der Waals surface area contributed by atoms with E-state index in [4.69, 9.17) is 21.1 Å². The summed E-state index contributed by atoms with van der Waals surface area (Å²) in [5.74, 6) is 0.814. The van der Waals surface area contributed by atoms with Crippen molar-refractivity contribution < 1.29 is 9.47 Å². The monoisotopic (exact) mass is 418 g/mol. The van der Waals surface area contributed by atoms with Gasteiger partial charge in [0.1, 0.15) is 11.9 Å². The van der Waals surface area contributed by atoms with Gasteiger partial charge in [0, 0.05) is 47.8 Å². The van der Waals surface area contributed by atoms with Gasteiger partial charge in [-0.1, -0.05) is 11.6 Å². The van der Waals surface area contributed by atoms with Gasteiger partial charge in [0.05, 0.1) is 23.9 Å². The van der Waals surface area contributed by atoms with Gasteiger partial charge in [0.15, 0.2) is 0 Å². The highest BCUT2D eigenvalue weighted by atomic mass is 35.5. The average molecular weight is 419 g/mol. The molecule has 1 atom stereocenters. The summed E-state index contributed by atoms with van der Waals surface area (Å²) in [7, 11) is 0. The third-order valence-corrected chi connectivity index (χ3v) is 5.78. The van der Waals surface area contributed by atoms with E-state index in [0.29, 0.717) is 18.2 Å². The summed E-state index contributed by atoms with van der Waals surface area (Å²) < 4.78 is 11.7. The first-order valence-electron chi connectivity index (χ1n) is 9.33. The molecule has 0 radical (unpaired) electrons. The molecule has 1 saturated heterocycles. The summed E-state index contributed by atoms with van der Waals surface area (Å²) >= 11 is 7.64. The number of aromatic nitrogens is 3. The van der Waals surface area contributed by atoms with E-state index in [0.717, 1.165) is 48.2 Å². The smallest absolute Gasteiger partial charge is 0.119 e. The van der Waals surface area contributed by atoms with Crippen molar-refractivity contribution in [3.63, 3.8) is 0 Å². The number of halogens is 1. The molecule has 148 valence electrons. The molecule has 1 aliphatic rings. The van der Waals surface area contributed by atoms with Crippen molar-refractivity contribution in [1.82, 2.24) is 20.1 Å². The Kier molecular flexibility index (Phi) is 6.26. The van der Waals surface area contributed by atoms with Gasteiger partial charge < -0.3 is 9.47 Å². The zero-order valence-corrected chi connectivity index (χ0v) is 17.3. The van der Waals surface area contributed by atoms with Crippen molar-refractivity contribution in [3.05, 3.63) is 62.8 Å². The van der Waals surface area contributed by atoms with Crippen LogP contribution in [0.3, 0.4) is 0 Å². The van der Waals surface area contributed by atoms with Crippen LogP contribution < -0.4 is 4.74 Å². The Morgan fingerprint density at radius 3 is 3.00 bits per heavy atom. The van der Waals surface area contributed by atoms with Crippen LogP contribution in [-0.4, -0.2) is 46.4 Å².